The highest BCUT2D eigenvalue weighted by molar-refractivity contribution is 5.68. The van der Waals surface area contributed by atoms with Gasteiger partial charge in [-0.2, -0.15) is 5.10 Å². The van der Waals surface area contributed by atoms with E-state index in [4.69, 9.17) is 4.74 Å². The summed E-state index contributed by atoms with van der Waals surface area (Å²) < 4.78 is 5.36. The minimum absolute atomic E-state index is 0.174. The van der Waals surface area contributed by atoms with Gasteiger partial charge < -0.3 is 20.7 Å². The fourth-order valence-corrected chi connectivity index (χ4v) is 4.82. The molecule has 1 amide bonds. The number of H-pyrrole nitrogens is 1. The van der Waals surface area contributed by atoms with Gasteiger partial charge in [-0.25, -0.2) is 14.8 Å². The summed E-state index contributed by atoms with van der Waals surface area (Å²) in [5, 5.41) is 17.6. The summed E-state index contributed by atoms with van der Waals surface area (Å²) >= 11 is 0. The molecule has 2 aromatic rings. The third-order valence-electron chi connectivity index (χ3n) is 6.59. The second-order valence-corrected chi connectivity index (χ2v) is 10.6. The van der Waals surface area contributed by atoms with Crippen LogP contribution in [0.3, 0.4) is 0 Å². The van der Waals surface area contributed by atoms with E-state index in [1.807, 2.05) is 26.8 Å². The summed E-state index contributed by atoms with van der Waals surface area (Å²) in [6.07, 6.45) is 10.5. The number of rotatable bonds is 8. The van der Waals surface area contributed by atoms with E-state index >= 15 is 0 Å². The van der Waals surface area contributed by atoms with Gasteiger partial charge in [-0.1, -0.05) is 12.8 Å². The smallest absolute Gasteiger partial charge is 0.407 e. The lowest BCUT2D eigenvalue weighted by atomic mass is 9.91. The molecule has 0 spiro atoms. The Morgan fingerprint density at radius 1 is 1.09 bits per heavy atom. The second-order valence-electron chi connectivity index (χ2n) is 10.6. The van der Waals surface area contributed by atoms with Crippen molar-refractivity contribution in [3.05, 3.63) is 35.5 Å². The van der Waals surface area contributed by atoms with Crippen LogP contribution in [-0.4, -0.2) is 43.9 Å². The van der Waals surface area contributed by atoms with Crippen LogP contribution in [0.1, 0.15) is 95.3 Å². The van der Waals surface area contributed by atoms with E-state index in [1.165, 1.54) is 31.4 Å². The lowest BCUT2D eigenvalue weighted by molar-refractivity contribution is 0.0489. The van der Waals surface area contributed by atoms with Crippen LogP contribution < -0.4 is 16.0 Å². The molecule has 0 bridgehead atoms. The third kappa shape index (κ3) is 7.41. The number of anilines is 1. The van der Waals surface area contributed by atoms with E-state index in [2.05, 4.69) is 42.2 Å². The summed E-state index contributed by atoms with van der Waals surface area (Å²) in [5.74, 6) is 2.20. The van der Waals surface area contributed by atoms with E-state index in [0.29, 0.717) is 25.0 Å². The standard InChI is InChI=1S/C25H39N7O2/c1-25(2,3)34-24(33)29-19-10-8-18(9-11-19)27-16-23-26-13-12-22(30-23)28-15-20-14-21(32-31-20)17-6-4-5-7-17/h12-14,17-19,27H,4-11,15-16H2,1-3H3,(H,29,33)(H,31,32)(H,26,28,30). The van der Waals surface area contributed by atoms with Crippen molar-refractivity contribution in [3.63, 3.8) is 0 Å². The Bertz CT molecular complexity index is 925. The number of hydrogen-bond acceptors (Lipinski definition) is 7. The molecule has 2 aliphatic rings. The first-order valence-corrected chi connectivity index (χ1v) is 12.7. The molecule has 0 atom stereocenters. The van der Waals surface area contributed by atoms with Crippen LogP contribution in [0, 0.1) is 0 Å². The second kappa shape index (κ2) is 11.2. The zero-order chi connectivity index (χ0) is 24.0. The number of nitrogens with one attached hydrogen (secondary N) is 4. The normalized spacial score (nSPS) is 21.4. The molecule has 2 saturated carbocycles. The fourth-order valence-electron chi connectivity index (χ4n) is 4.82. The van der Waals surface area contributed by atoms with Gasteiger partial charge in [0.25, 0.3) is 0 Å². The summed E-state index contributed by atoms with van der Waals surface area (Å²) in [5.41, 5.74) is 1.80. The Morgan fingerprint density at radius 2 is 1.82 bits per heavy atom. The summed E-state index contributed by atoms with van der Waals surface area (Å²) in [6.45, 7) is 6.93. The Hall–Kier alpha value is -2.68. The predicted octanol–water partition coefficient (Wildman–Crippen LogP) is 4.39. The number of nitrogens with zero attached hydrogens (tertiary/aromatic N) is 3. The van der Waals surface area contributed by atoms with Crippen LogP contribution in [0.4, 0.5) is 10.6 Å². The minimum Gasteiger partial charge on any atom is -0.444 e. The van der Waals surface area contributed by atoms with Gasteiger partial charge in [-0.3, -0.25) is 5.10 Å². The number of aromatic nitrogens is 4. The topological polar surface area (TPSA) is 117 Å². The molecule has 0 aliphatic heterocycles. The molecule has 2 fully saturated rings. The number of hydrogen-bond donors (Lipinski definition) is 4. The van der Waals surface area contributed by atoms with Crippen molar-refractivity contribution in [3.8, 4) is 0 Å². The van der Waals surface area contributed by atoms with Crippen molar-refractivity contribution in [1.82, 2.24) is 30.8 Å². The first-order chi connectivity index (χ1) is 16.3. The molecule has 2 aliphatic carbocycles. The number of amides is 1. The Balaban J connectivity index is 1.17. The predicted molar refractivity (Wildman–Crippen MR) is 131 cm³/mol. The van der Waals surface area contributed by atoms with Gasteiger partial charge in [0.15, 0.2) is 0 Å². The monoisotopic (exact) mass is 469 g/mol. The molecule has 9 heteroatoms. The molecule has 2 heterocycles. The van der Waals surface area contributed by atoms with E-state index in [-0.39, 0.29) is 12.1 Å². The zero-order valence-electron chi connectivity index (χ0n) is 20.7. The van der Waals surface area contributed by atoms with Crippen LogP contribution >= 0.6 is 0 Å². The molecule has 9 nitrogen and oxygen atoms in total. The number of aromatic amines is 1. The average molecular weight is 470 g/mol. The third-order valence-corrected chi connectivity index (χ3v) is 6.59. The molecule has 0 radical (unpaired) electrons. The maximum Gasteiger partial charge on any atom is 0.407 e. The maximum atomic E-state index is 12.0. The maximum absolute atomic E-state index is 12.0. The zero-order valence-corrected chi connectivity index (χ0v) is 20.7. The summed E-state index contributed by atoms with van der Waals surface area (Å²) in [4.78, 5) is 21.0. The average Bonchev–Trinajstić information content (AvgIpc) is 3.48. The van der Waals surface area contributed by atoms with E-state index in [1.54, 1.807) is 6.20 Å². The molecule has 34 heavy (non-hydrogen) atoms. The van der Waals surface area contributed by atoms with Crippen LogP contribution in [-0.2, 0) is 17.8 Å². The number of carbonyl (C=O) groups excluding carboxylic acids is 1. The Kier molecular flexibility index (Phi) is 8.03. The molecule has 0 unspecified atom stereocenters. The van der Waals surface area contributed by atoms with Crippen molar-refractivity contribution >= 4 is 11.9 Å². The SMILES string of the molecule is CC(C)(C)OC(=O)NC1CCC(NCc2nccc(NCc3cc(C4CCCC4)n[nH]3)n2)CC1. The highest BCUT2D eigenvalue weighted by Gasteiger charge is 2.25. The molecule has 186 valence electrons. The number of alkyl carbamates (subject to hydrolysis) is 1. The first kappa shape index (κ1) is 24.4. The fraction of sp³-hybridized carbons (Fsp3) is 0.680. The highest BCUT2D eigenvalue weighted by Crippen LogP contribution is 2.33. The highest BCUT2D eigenvalue weighted by atomic mass is 16.6. The minimum atomic E-state index is -0.469. The van der Waals surface area contributed by atoms with E-state index < -0.39 is 5.60 Å². The van der Waals surface area contributed by atoms with Gasteiger partial charge in [0.1, 0.15) is 17.2 Å². The molecular weight excluding hydrogens is 430 g/mol. The van der Waals surface area contributed by atoms with Crippen LogP contribution in [0.5, 0.6) is 0 Å². The summed E-state index contributed by atoms with van der Waals surface area (Å²) in [6, 6.07) is 4.65. The van der Waals surface area contributed by atoms with Gasteiger partial charge in [-0.15, -0.1) is 0 Å². The van der Waals surface area contributed by atoms with Crippen LogP contribution in [0.25, 0.3) is 0 Å². The molecule has 0 saturated heterocycles. The van der Waals surface area contributed by atoms with Crippen molar-refractivity contribution in [1.29, 1.82) is 0 Å². The van der Waals surface area contributed by atoms with Gasteiger partial charge in [0.05, 0.1) is 24.5 Å². The molecular formula is C25H39N7O2. The number of ether oxygens (including phenoxy) is 1. The molecule has 2 aromatic heterocycles. The van der Waals surface area contributed by atoms with Gasteiger partial charge >= 0.3 is 6.09 Å². The van der Waals surface area contributed by atoms with Crippen molar-refractivity contribution in [2.45, 2.75) is 109 Å². The van der Waals surface area contributed by atoms with Crippen LogP contribution in [0.15, 0.2) is 18.3 Å². The van der Waals surface area contributed by atoms with Crippen LogP contribution in [0.2, 0.25) is 0 Å². The van der Waals surface area contributed by atoms with E-state index in [9.17, 15) is 4.79 Å². The van der Waals surface area contributed by atoms with Crippen molar-refractivity contribution in [2.24, 2.45) is 0 Å². The quantitative estimate of drug-likeness (QED) is 0.453. The summed E-state index contributed by atoms with van der Waals surface area (Å²) in [7, 11) is 0. The molecule has 0 aromatic carbocycles. The lowest BCUT2D eigenvalue weighted by Gasteiger charge is -2.30. The Labute approximate surface area is 202 Å². The molecule has 4 N–H and O–H groups in total. The van der Waals surface area contributed by atoms with Gasteiger partial charge in [0, 0.05) is 24.2 Å². The van der Waals surface area contributed by atoms with Gasteiger partial charge in [-0.05, 0) is 71.4 Å². The Morgan fingerprint density at radius 3 is 2.56 bits per heavy atom. The van der Waals surface area contributed by atoms with Crippen molar-refractivity contribution < 1.29 is 9.53 Å². The number of carbonyl (C=O) groups is 1. The van der Waals surface area contributed by atoms with Crippen molar-refractivity contribution in [2.75, 3.05) is 5.32 Å². The first-order valence-electron chi connectivity index (χ1n) is 12.7. The lowest BCUT2D eigenvalue weighted by Crippen LogP contribution is -2.43. The largest absolute Gasteiger partial charge is 0.444 e. The van der Waals surface area contributed by atoms with Gasteiger partial charge in [0.2, 0.25) is 0 Å². The molecule has 4 rings (SSSR count). The van der Waals surface area contributed by atoms with E-state index in [0.717, 1.165) is 43.0 Å².